The van der Waals surface area contributed by atoms with Gasteiger partial charge in [-0.1, -0.05) is 12.5 Å². The minimum absolute atomic E-state index is 0.189. The Morgan fingerprint density at radius 2 is 2.26 bits per heavy atom. The van der Waals surface area contributed by atoms with Crippen molar-refractivity contribution in [3.63, 3.8) is 0 Å². The number of benzene rings is 1. The molecular weight excluding hydrogens is 243 g/mol. The monoisotopic (exact) mass is 266 g/mol. The van der Waals surface area contributed by atoms with Crippen molar-refractivity contribution >= 4 is 0 Å². The summed E-state index contributed by atoms with van der Waals surface area (Å²) < 4.78 is 18.7. The van der Waals surface area contributed by atoms with Crippen molar-refractivity contribution in [2.45, 2.75) is 38.3 Å². The number of hydrogen-bond donors (Lipinski definition) is 1. The molecule has 0 bridgehead atoms. The number of halogens is 1. The van der Waals surface area contributed by atoms with E-state index in [9.17, 15) is 4.39 Å². The number of hydrogen-bond acceptors (Lipinski definition) is 3. The van der Waals surface area contributed by atoms with Crippen LogP contribution in [0.4, 0.5) is 4.39 Å². The standard InChI is InChI=1S/C15H23FN2O/c1-11(18-8-4-3-5-13(18)10-17)12-6-7-15(19-2)14(16)9-12/h6-7,9,11,13H,3-5,8,10,17H2,1-2H3. The van der Waals surface area contributed by atoms with Crippen molar-refractivity contribution in [1.82, 2.24) is 4.90 Å². The highest BCUT2D eigenvalue weighted by Gasteiger charge is 2.26. The molecule has 2 atom stereocenters. The van der Waals surface area contributed by atoms with E-state index in [4.69, 9.17) is 10.5 Å². The molecule has 1 aliphatic heterocycles. The van der Waals surface area contributed by atoms with E-state index in [0.29, 0.717) is 18.3 Å². The summed E-state index contributed by atoms with van der Waals surface area (Å²) in [4.78, 5) is 2.39. The summed E-state index contributed by atoms with van der Waals surface area (Å²) in [5.41, 5.74) is 6.83. The molecular formula is C15H23FN2O. The van der Waals surface area contributed by atoms with Crippen molar-refractivity contribution in [2.75, 3.05) is 20.2 Å². The van der Waals surface area contributed by atoms with Gasteiger partial charge < -0.3 is 10.5 Å². The number of piperidine rings is 1. The highest BCUT2D eigenvalue weighted by molar-refractivity contribution is 5.31. The summed E-state index contributed by atoms with van der Waals surface area (Å²) in [6.07, 6.45) is 3.57. The number of rotatable bonds is 4. The molecule has 1 saturated heterocycles. The predicted octanol–water partition coefficient (Wildman–Crippen LogP) is 2.71. The lowest BCUT2D eigenvalue weighted by molar-refractivity contribution is 0.108. The predicted molar refractivity (Wildman–Crippen MR) is 74.8 cm³/mol. The van der Waals surface area contributed by atoms with Crippen LogP contribution in [0.15, 0.2) is 18.2 Å². The third-order valence-corrected chi connectivity index (χ3v) is 4.10. The van der Waals surface area contributed by atoms with Gasteiger partial charge in [0.25, 0.3) is 0 Å². The maximum Gasteiger partial charge on any atom is 0.165 e. The molecule has 0 spiro atoms. The highest BCUT2D eigenvalue weighted by Crippen LogP contribution is 2.30. The first-order chi connectivity index (χ1) is 9.17. The molecule has 1 heterocycles. The van der Waals surface area contributed by atoms with Crippen molar-refractivity contribution in [3.05, 3.63) is 29.6 Å². The van der Waals surface area contributed by atoms with Gasteiger partial charge in [-0.05, 0) is 44.0 Å². The molecule has 0 aliphatic carbocycles. The van der Waals surface area contributed by atoms with Crippen LogP contribution in [0, 0.1) is 5.82 Å². The van der Waals surface area contributed by atoms with Gasteiger partial charge in [0.15, 0.2) is 11.6 Å². The molecule has 3 nitrogen and oxygen atoms in total. The average molecular weight is 266 g/mol. The summed E-state index contributed by atoms with van der Waals surface area (Å²) in [6, 6.07) is 5.81. The van der Waals surface area contributed by atoms with Crippen LogP contribution in [0.5, 0.6) is 5.75 Å². The lowest BCUT2D eigenvalue weighted by Gasteiger charge is -2.39. The molecule has 1 fully saturated rings. The van der Waals surface area contributed by atoms with Crippen LogP contribution in [-0.4, -0.2) is 31.1 Å². The van der Waals surface area contributed by atoms with E-state index in [-0.39, 0.29) is 11.9 Å². The first-order valence-corrected chi connectivity index (χ1v) is 6.96. The minimum Gasteiger partial charge on any atom is -0.494 e. The van der Waals surface area contributed by atoms with Crippen molar-refractivity contribution in [3.8, 4) is 5.75 Å². The largest absolute Gasteiger partial charge is 0.494 e. The zero-order valence-corrected chi connectivity index (χ0v) is 11.7. The zero-order chi connectivity index (χ0) is 13.8. The molecule has 1 aromatic carbocycles. The Kier molecular flexibility index (Phi) is 4.77. The third-order valence-electron chi connectivity index (χ3n) is 4.10. The van der Waals surface area contributed by atoms with Gasteiger partial charge in [0.1, 0.15) is 0 Å². The lowest BCUT2D eigenvalue weighted by atomic mass is 9.97. The first-order valence-electron chi connectivity index (χ1n) is 6.96. The molecule has 2 N–H and O–H groups in total. The fraction of sp³-hybridized carbons (Fsp3) is 0.600. The van der Waals surface area contributed by atoms with Crippen molar-refractivity contribution < 1.29 is 9.13 Å². The lowest BCUT2D eigenvalue weighted by Crippen LogP contribution is -2.45. The van der Waals surface area contributed by atoms with Crippen LogP contribution in [-0.2, 0) is 0 Å². The molecule has 4 heteroatoms. The Labute approximate surface area is 114 Å². The summed E-state index contributed by atoms with van der Waals surface area (Å²) in [6.45, 7) is 3.83. The van der Waals surface area contributed by atoms with E-state index in [1.807, 2.05) is 6.07 Å². The fourth-order valence-electron chi connectivity index (χ4n) is 2.92. The number of nitrogens with zero attached hydrogens (tertiary/aromatic N) is 1. The fourth-order valence-corrected chi connectivity index (χ4v) is 2.92. The van der Waals surface area contributed by atoms with Crippen LogP contribution in [0.1, 0.15) is 37.8 Å². The summed E-state index contributed by atoms with van der Waals surface area (Å²) in [7, 11) is 1.48. The summed E-state index contributed by atoms with van der Waals surface area (Å²) >= 11 is 0. The van der Waals surface area contributed by atoms with E-state index in [1.54, 1.807) is 12.1 Å². The Bertz CT molecular complexity index is 425. The minimum atomic E-state index is -0.298. The Morgan fingerprint density at radius 3 is 2.89 bits per heavy atom. The maximum absolute atomic E-state index is 13.8. The quantitative estimate of drug-likeness (QED) is 0.910. The Hall–Kier alpha value is -1.13. The third kappa shape index (κ3) is 3.07. The van der Waals surface area contributed by atoms with Crippen LogP contribution < -0.4 is 10.5 Å². The SMILES string of the molecule is COc1ccc(C(C)N2CCCCC2CN)cc1F. The number of likely N-dealkylation sites (tertiary alicyclic amines) is 1. The van der Waals surface area contributed by atoms with E-state index in [1.165, 1.54) is 20.0 Å². The normalized spacial score (nSPS) is 22.2. The molecule has 0 aromatic heterocycles. The maximum atomic E-state index is 13.8. The second kappa shape index (κ2) is 6.35. The molecule has 0 saturated carbocycles. The van der Waals surface area contributed by atoms with E-state index in [0.717, 1.165) is 18.5 Å². The molecule has 106 valence electrons. The molecule has 1 aromatic rings. The number of methoxy groups -OCH3 is 1. The van der Waals surface area contributed by atoms with Gasteiger partial charge in [0.2, 0.25) is 0 Å². The van der Waals surface area contributed by atoms with Crippen molar-refractivity contribution in [1.29, 1.82) is 0 Å². The van der Waals surface area contributed by atoms with Crippen LogP contribution in [0.3, 0.4) is 0 Å². The van der Waals surface area contributed by atoms with Crippen LogP contribution >= 0.6 is 0 Å². The van der Waals surface area contributed by atoms with E-state index in [2.05, 4.69) is 11.8 Å². The van der Waals surface area contributed by atoms with Gasteiger partial charge in [-0.15, -0.1) is 0 Å². The van der Waals surface area contributed by atoms with Gasteiger partial charge in [-0.25, -0.2) is 4.39 Å². The average Bonchev–Trinajstić information content (AvgIpc) is 2.46. The van der Waals surface area contributed by atoms with Gasteiger partial charge in [-0.3, -0.25) is 4.90 Å². The molecule has 2 rings (SSSR count). The molecule has 0 radical (unpaired) electrons. The molecule has 19 heavy (non-hydrogen) atoms. The van der Waals surface area contributed by atoms with E-state index >= 15 is 0 Å². The summed E-state index contributed by atoms with van der Waals surface area (Å²) in [5.74, 6) is -0.00173. The van der Waals surface area contributed by atoms with E-state index < -0.39 is 0 Å². The van der Waals surface area contributed by atoms with Crippen LogP contribution in [0.2, 0.25) is 0 Å². The van der Waals surface area contributed by atoms with Gasteiger partial charge in [-0.2, -0.15) is 0 Å². The molecule has 2 unspecified atom stereocenters. The smallest absolute Gasteiger partial charge is 0.165 e. The second-order valence-corrected chi connectivity index (χ2v) is 5.19. The highest BCUT2D eigenvalue weighted by atomic mass is 19.1. The van der Waals surface area contributed by atoms with Crippen molar-refractivity contribution in [2.24, 2.45) is 5.73 Å². The zero-order valence-electron chi connectivity index (χ0n) is 11.7. The number of ether oxygens (including phenoxy) is 1. The Morgan fingerprint density at radius 1 is 1.47 bits per heavy atom. The topological polar surface area (TPSA) is 38.5 Å². The second-order valence-electron chi connectivity index (χ2n) is 5.19. The van der Waals surface area contributed by atoms with Crippen LogP contribution in [0.25, 0.3) is 0 Å². The van der Waals surface area contributed by atoms with Gasteiger partial charge in [0.05, 0.1) is 7.11 Å². The summed E-state index contributed by atoms with van der Waals surface area (Å²) in [5, 5.41) is 0. The Balaban J connectivity index is 2.17. The van der Waals surface area contributed by atoms with Gasteiger partial charge in [0, 0.05) is 18.6 Å². The van der Waals surface area contributed by atoms with Gasteiger partial charge >= 0.3 is 0 Å². The number of nitrogens with two attached hydrogens (primary N) is 1. The first kappa shape index (κ1) is 14.3. The molecule has 1 aliphatic rings. The molecule has 0 amide bonds.